The highest BCUT2D eigenvalue weighted by Crippen LogP contribution is 2.32. The van der Waals surface area contributed by atoms with Gasteiger partial charge in [0.1, 0.15) is 14.9 Å². The Kier molecular flexibility index (Phi) is 4.33. The number of thiophene rings is 1. The molecule has 2 N–H and O–H groups in total. The number of anilines is 1. The van der Waals surface area contributed by atoms with E-state index in [1.165, 1.54) is 18.3 Å². The standard InChI is InChI=1S/C10H6BrClN2O4S2/c11-9-7(3-6(19-9)10(15)16)20(17,18)14-5-1-2-8(12)13-4-5/h1-4,14H,(H,15,16). The lowest BCUT2D eigenvalue weighted by atomic mass is 10.4. The smallest absolute Gasteiger partial charge is 0.345 e. The van der Waals surface area contributed by atoms with E-state index in [1.54, 1.807) is 0 Å². The van der Waals surface area contributed by atoms with Gasteiger partial charge in [-0.1, -0.05) is 11.6 Å². The van der Waals surface area contributed by atoms with E-state index in [9.17, 15) is 13.2 Å². The lowest BCUT2D eigenvalue weighted by Gasteiger charge is -2.06. The Bertz CT molecular complexity index is 758. The number of nitrogens with one attached hydrogen (secondary N) is 1. The number of pyridine rings is 1. The number of aromatic carboxylic acids is 1. The van der Waals surface area contributed by atoms with Gasteiger partial charge in [0.2, 0.25) is 0 Å². The van der Waals surface area contributed by atoms with Gasteiger partial charge in [-0.05, 0) is 34.1 Å². The van der Waals surface area contributed by atoms with Crippen LogP contribution in [0, 0.1) is 0 Å². The highest BCUT2D eigenvalue weighted by Gasteiger charge is 2.23. The predicted molar refractivity (Wildman–Crippen MR) is 79.0 cm³/mol. The van der Waals surface area contributed by atoms with E-state index < -0.39 is 16.0 Å². The van der Waals surface area contributed by atoms with Crippen molar-refractivity contribution in [3.8, 4) is 0 Å². The first-order valence-electron chi connectivity index (χ1n) is 4.96. The zero-order valence-electron chi connectivity index (χ0n) is 9.50. The summed E-state index contributed by atoms with van der Waals surface area (Å²) in [4.78, 5) is 14.4. The highest BCUT2D eigenvalue weighted by molar-refractivity contribution is 9.11. The Labute approximate surface area is 131 Å². The molecule has 0 spiro atoms. The van der Waals surface area contributed by atoms with E-state index in [1.807, 2.05) is 0 Å². The maximum Gasteiger partial charge on any atom is 0.345 e. The Hall–Kier alpha value is -1.16. The molecule has 0 radical (unpaired) electrons. The molecule has 0 aliphatic rings. The number of rotatable bonds is 4. The molecule has 2 rings (SSSR count). The third kappa shape index (κ3) is 3.29. The summed E-state index contributed by atoms with van der Waals surface area (Å²) in [5.74, 6) is -1.19. The molecule has 2 aromatic rings. The summed E-state index contributed by atoms with van der Waals surface area (Å²) < 4.78 is 26.8. The van der Waals surface area contributed by atoms with Gasteiger partial charge < -0.3 is 5.11 Å². The molecule has 6 nitrogen and oxygen atoms in total. The van der Waals surface area contributed by atoms with Gasteiger partial charge in [0, 0.05) is 0 Å². The summed E-state index contributed by atoms with van der Waals surface area (Å²) in [5, 5.41) is 9.09. The number of sulfonamides is 1. The Morgan fingerprint density at radius 2 is 2.15 bits per heavy atom. The van der Waals surface area contributed by atoms with Crippen molar-refractivity contribution in [3.63, 3.8) is 0 Å². The molecular weight excluding hydrogens is 392 g/mol. The molecule has 106 valence electrons. The molecule has 0 bridgehead atoms. The van der Waals surface area contributed by atoms with Crippen molar-refractivity contribution >= 4 is 60.5 Å². The van der Waals surface area contributed by atoms with Crippen molar-refractivity contribution in [1.29, 1.82) is 0 Å². The molecule has 0 saturated carbocycles. The van der Waals surface area contributed by atoms with Gasteiger partial charge in [-0.2, -0.15) is 0 Å². The molecule has 0 amide bonds. The number of hydrogen-bond acceptors (Lipinski definition) is 5. The SMILES string of the molecule is O=C(O)c1cc(S(=O)(=O)Nc2ccc(Cl)nc2)c(Br)s1. The lowest BCUT2D eigenvalue weighted by molar-refractivity contribution is 0.0702. The third-order valence-electron chi connectivity index (χ3n) is 2.14. The average molecular weight is 398 g/mol. The number of carbonyl (C=O) groups is 1. The van der Waals surface area contributed by atoms with Crippen molar-refractivity contribution < 1.29 is 18.3 Å². The minimum atomic E-state index is -3.90. The largest absolute Gasteiger partial charge is 0.477 e. The van der Waals surface area contributed by atoms with E-state index in [2.05, 4.69) is 25.6 Å². The number of nitrogens with zero attached hydrogens (tertiary/aromatic N) is 1. The second kappa shape index (κ2) is 5.68. The van der Waals surface area contributed by atoms with Crippen LogP contribution in [0.3, 0.4) is 0 Å². The Balaban J connectivity index is 2.35. The Morgan fingerprint density at radius 3 is 2.65 bits per heavy atom. The topological polar surface area (TPSA) is 96.4 Å². The summed E-state index contributed by atoms with van der Waals surface area (Å²) in [6.07, 6.45) is 1.26. The van der Waals surface area contributed by atoms with Gasteiger partial charge in [-0.15, -0.1) is 11.3 Å². The molecule has 2 aromatic heterocycles. The summed E-state index contributed by atoms with van der Waals surface area (Å²) in [6, 6.07) is 3.97. The van der Waals surface area contributed by atoms with E-state index in [4.69, 9.17) is 16.7 Å². The van der Waals surface area contributed by atoms with E-state index in [-0.39, 0.29) is 24.4 Å². The number of carboxylic acid groups (broad SMARTS) is 1. The van der Waals surface area contributed by atoms with Gasteiger partial charge in [0.25, 0.3) is 10.0 Å². The van der Waals surface area contributed by atoms with Crippen LogP contribution in [0.25, 0.3) is 0 Å². The fraction of sp³-hybridized carbons (Fsp3) is 0. The van der Waals surface area contributed by atoms with Gasteiger partial charge >= 0.3 is 5.97 Å². The van der Waals surface area contributed by atoms with Crippen molar-refractivity contribution in [2.24, 2.45) is 0 Å². The summed E-state index contributed by atoms with van der Waals surface area (Å²) >= 11 is 9.47. The normalized spacial score (nSPS) is 11.3. The monoisotopic (exact) mass is 396 g/mol. The van der Waals surface area contributed by atoms with Crippen LogP contribution in [0.5, 0.6) is 0 Å². The number of halogens is 2. The van der Waals surface area contributed by atoms with Gasteiger partial charge in [0.15, 0.2) is 0 Å². The first-order valence-corrected chi connectivity index (χ1v) is 8.43. The number of aromatic nitrogens is 1. The second-order valence-electron chi connectivity index (χ2n) is 3.53. The van der Waals surface area contributed by atoms with Crippen molar-refractivity contribution in [1.82, 2.24) is 4.98 Å². The predicted octanol–water partition coefficient (Wildman–Crippen LogP) is 3.06. The maximum atomic E-state index is 12.2. The second-order valence-corrected chi connectivity index (χ2v) is 7.94. The van der Waals surface area contributed by atoms with Crippen LogP contribution in [0.1, 0.15) is 9.67 Å². The van der Waals surface area contributed by atoms with Gasteiger partial charge in [0.05, 0.1) is 15.7 Å². The van der Waals surface area contributed by atoms with E-state index in [0.717, 1.165) is 17.4 Å². The first-order chi connectivity index (χ1) is 9.29. The van der Waals surface area contributed by atoms with Crippen LogP contribution in [0.2, 0.25) is 5.15 Å². The fourth-order valence-corrected chi connectivity index (χ4v) is 4.85. The number of hydrogen-bond donors (Lipinski definition) is 2. The van der Waals surface area contributed by atoms with Gasteiger partial charge in [-0.3, -0.25) is 4.72 Å². The summed E-state index contributed by atoms with van der Waals surface area (Å²) in [7, 11) is -3.90. The molecule has 0 atom stereocenters. The minimum Gasteiger partial charge on any atom is -0.477 e. The fourth-order valence-electron chi connectivity index (χ4n) is 1.29. The van der Waals surface area contributed by atoms with E-state index >= 15 is 0 Å². The van der Waals surface area contributed by atoms with Crippen LogP contribution < -0.4 is 4.72 Å². The summed E-state index contributed by atoms with van der Waals surface area (Å²) in [5.41, 5.74) is 0.226. The third-order valence-corrected chi connectivity index (χ3v) is 5.98. The molecule has 0 unspecified atom stereocenters. The summed E-state index contributed by atoms with van der Waals surface area (Å²) in [6.45, 7) is 0. The van der Waals surface area contributed by atoms with Crippen molar-refractivity contribution in [2.45, 2.75) is 4.90 Å². The van der Waals surface area contributed by atoms with Gasteiger partial charge in [-0.25, -0.2) is 18.2 Å². The maximum absolute atomic E-state index is 12.2. The van der Waals surface area contributed by atoms with Crippen LogP contribution in [-0.2, 0) is 10.0 Å². The highest BCUT2D eigenvalue weighted by atomic mass is 79.9. The molecule has 0 fully saturated rings. The molecule has 20 heavy (non-hydrogen) atoms. The number of carboxylic acids is 1. The molecule has 0 saturated heterocycles. The molecular formula is C10H6BrClN2O4S2. The van der Waals surface area contributed by atoms with Crippen molar-refractivity contribution in [2.75, 3.05) is 4.72 Å². The lowest BCUT2D eigenvalue weighted by Crippen LogP contribution is -2.12. The zero-order chi connectivity index (χ0) is 14.9. The molecule has 0 aliphatic carbocycles. The Morgan fingerprint density at radius 1 is 1.45 bits per heavy atom. The molecule has 2 heterocycles. The van der Waals surface area contributed by atoms with Crippen LogP contribution in [0.15, 0.2) is 33.1 Å². The van der Waals surface area contributed by atoms with E-state index in [0.29, 0.717) is 0 Å². The first kappa shape index (κ1) is 15.2. The average Bonchev–Trinajstić information content (AvgIpc) is 2.75. The van der Waals surface area contributed by atoms with Crippen LogP contribution in [-0.4, -0.2) is 24.5 Å². The van der Waals surface area contributed by atoms with Crippen molar-refractivity contribution in [3.05, 3.63) is 38.2 Å². The molecule has 0 aromatic carbocycles. The quantitative estimate of drug-likeness (QED) is 0.773. The zero-order valence-corrected chi connectivity index (χ0v) is 13.5. The molecule has 10 heteroatoms. The molecule has 0 aliphatic heterocycles. The van der Waals surface area contributed by atoms with Crippen LogP contribution in [0.4, 0.5) is 5.69 Å². The minimum absolute atomic E-state index is 0.0773. The van der Waals surface area contributed by atoms with Crippen LogP contribution >= 0.6 is 38.9 Å².